The average molecular weight is 381 g/mol. The molecule has 1 aliphatic heterocycles. The van der Waals surface area contributed by atoms with Crippen LogP contribution in [0.25, 0.3) is 0 Å². The van der Waals surface area contributed by atoms with Crippen molar-refractivity contribution in [3.05, 3.63) is 29.3 Å². The van der Waals surface area contributed by atoms with Crippen LogP contribution in [0.1, 0.15) is 65.3 Å². The van der Waals surface area contributed by atoms with Gasteiger partial charge in [-0.15, -0.1) is 0 Å². The second kappa shape index (κ2) is 8.10. The molecular formula is C20H32FN3O3. The van der Waals surface area contributed by atoms with Crippen LogP contribution in [0.3, 0.4) is 0 Å². The van der Waals surface area contributed by atoms with E-state index in [0.29, 0.717) is 13.1 Å². The van der Waals surface area contributed by atoms with Crippen LogP contribution in [0.2, 0.25) is 0 Å². The monoisotopic (exact) mass is 381 g/mol. The van der Waals surface area contributed by atoms with Crippen LogP contribution in [0, 0.1) is 11.7 Å². The van der Waals surface area contributed by atoms with Gasteiger partial charge in [0.15, 0.2) is 0 Å². The molecule has 1 unspecified atom stereocenters. The van der Waals surface area contributed by atoms with Crippen molar-refractivity contribution in [2.24, 2.45) is 5.92 Å². The van der Waals surface area contributed by atoms with Crippen LogP contribution in [0.5, 0.6) is 0 Å². The molecule has 1 aliphatic rings. The van der Waals surface area contributed by atoms with E-state index in [1.807, 2.05) is 34.6 Å². The first-order valence-corrected chi connectivity index (χ1v) is 9.49. The molecule has 152 valence electrons. The lowest BCUT2D eigenvalue weighted by atomic mass is 10.0. The van der Waals surface area contributed by atoms with Gasteiger partial charge in [0.2, 0.25) is 0 Å². The number of hydrogen-bond donors (Lipinski definition) is 2. The molecule has 27 heavy (non-hydrogen) atoms. The summed E-state index contributed by atoms with van der Waals surface area (Å²) in [4.78, 5) is 18.3. The number of nitrogens with zero attached hydrogens (tertiary/aromatic N) is 2. The quantitative estimate of drug-likeness (QED) is 0.765. The van der Waals surface area contributed by atoms with E-state index < -0.39 is 17.1 Å². The average Bonchev–Trinajstić information content (AvgIpc) is 3.02. The molecule has 2 atom stereocenters. The van der Waals surface area contributed by atoms with Crippen LogP contribution in [-0.4, -0.2) is 45.5 Å². The van der Waals surface area contributed by atoms with Crippen molar-refractivity contribution in [3.63, 3.8) is 0 Å². The van der Waals surface area contributed by atoms with Gasteiger partial charge in [-0.1, -0.05) is 13.8 Å². The van der Waals surface area contributed by atoms with Gasteiger partial charge in [0.25, 0.3) is 0 Å². The van der Waals surface area contributed by atoms with Gasteiger partial charge in [-0.25, -0.2) is 9.18 Å². The minimum absolute atomic E-state index is 0.0269. The van der Waals surface area contributed by atoms with Gasteiger partial charge in [-0.05, 0) is 52.2 Å². The van der Waals surface area contributed by atoms with E-state index >= 15 is 0 Å². The zero-order valence-electron chi connectivity index (χ0n) is 17.2. The molecule has 0 saturated carbocycles. The molecule has 0 aliphatic carbocycles. The molecule has 1 aromatic rings. The number of aromatic nitrogens is 1. The summed E-state index contributed by atoms with van der Waals surface area (Å²) in [6.45, 7) is 12.2. The first kappa shape index (κ1) is 21.6. The Labute approximate surface area is 161 Å². The lowest BCUT2D eigenvalue weighted by Crippen LogP contribution is -2.46. The molecule has 1 aromatic heterocycles. The number of amides is 1. The highest BCUT2D eigenvalue weighted by atomic mass is 19.1. The van der Waals surface area contributed by atoms with Gasteiger partial charge in [-0.2, -0.15) is 0 Å². The van der Waals surface area contributed by atoms with Gasteiger partial charge < -0.3 is 14.7 Å². The second-order valence-corrected chi connectivity index (χ2v) is 8.73. The molecule has 7 heteroatoms. The summed E-state index contributed by atoms with van der Waals surface area (Å²) in [7, 11) is 0. The Hall–Kier alpha value is -1.73. The van der Waals surface area contributed by atoms with Crippen molar-refractivity contribution in [2.75, 3.05) is 13.1 Å². The molecular weight excluding hydrogens is 349 g/mol. The molecule has 1 fully saturated rings. The maximum atomic E-state index is 14.2. The molecule has 2 heterocycles. The van der Waals surface area contributed by atoms with Crippen molar-refractivity contribution in [2.45, 2.75) is 71.8 Å². The maximum Gasteiger partial charge on any atom is 0.410 e. The summed E-state index contributed by atoms with van der Waals surface area (Å²) < 4.78 is 19.6. The zero-order chi connectivity index (χ0) is 20.4. The molecule has 0 bridgehead atoms. The number of hydrogen-bond acceptors (Lipinski definition) is 5. The molecule has 1 amide bonds. The normalized spacial score (nSPS) is 20.0. The summed E-state index contributed by atoms with van der Waals surface area (Å²) >= 11 is 0. The van der Waals surface area contributed by atoms with E-state index in [2.05, 4.69) is 10.3 Å². The third-order valence-electron chi connectivity index (χ3n) is 4.94. The number of carbonyl (C=O) groups is 1. The Balaban J connectivity index is 2.04. The highest BCUT2D eigenvalue weighted by Gasteiger charge is 2.31. The van der Waals surface area contributed by atoms with Gasteiger partial charge in [-0.3, -0.25) is 10.3 Å². The highest BCUT2D eigenvalue weighted by Crippen LogP contribution is 2.28. The van der Waals surface area contributed by atoms with Crippen molar-refractivity contribution in [3.8, 4) is 0 Å². The smallest absolute Gasteiger partial charge is 0.410 e. The topological polar surface area (TPSA) is 74.7 Å². The minimum atomic E-state index is -1.11. The molecule has 1 saturated heterocycles. The van der Waals surface area contributed by atoms with Crippen LogP contribution < -0.4 is 5.32 Å². The molecule has 0 radical (unpaired) electrons. The number of ether oxygens (including phenoxy) is 1. The van der Waals surface area contributed by atoms with Crippen molar-refractivity contribution in [1.29, 1.82) is 0 Å². The fourth-order valence-electron chi connectivity index (χ4n) is 2.81. The third kappa shape index (κ3) is 5.87. The predicted molar refractivity (Wildman–Crippen MR) is 102 cm³/mol. The summed E-state index contributed by atoms with van der Waals surface area (Å²) in [6, 6.07) is 3.07. The third-order valence-corrected chi connectivity index (χ3v) is 4.94. The van der Waals surface area contributed by atoms with E-state index in [0.717, 1.165) is 12.1 Å². The van der Waals surface area contributed by atoms with Crippen molar-refractivity contribution >= 4 is 6.09 Å². The fourth-order valence-corrected chi connectivity index (χ4v) is 2.81. The number of halogens is 1. The SMILES string of the molecule is CC(C)[C@@](C)(O)NCc1nc(C2CCN(C(=O)OC(C)(C)C)C2)ccc1F. The first-order chi connectivity index (χ1) is 12.4. The highest BCUT2D eigenvalue weighted by molar-refractivity contribution is 5.68. The van der Waals surface area contributed by atoms with Gasteiger partial charge in [0, 0.05) is 31.2 Å². The summed E-state index contributed by atoms with van der Waals surface area (Å²) in [6.07, 6.45) is 0.427. The van der Waals surface area contributed by atoms with E-state index in [9.17, 15) is 14.3 Å². The van der Waals surface area contributed by atoms with Crippen molar-refractivity contribution < 1.29 is 19.0 Å². The number of likely N-dealkylation sites (tertiary alicyclic amines) is 1. The standard InChI is InChI=1S/C20H32FN3O3/c1-13(2)20(6,26)22-11-17-15(21)7-8-16(23-17)14-9-10-24(12-14)18(25)27-19(3,4)5/h7-8,13-14,22,26H,9-12H2,1-6H3/t14?,20-/m1/s1. The largest absolute Gasteiger partial charge is 0.444 e. The Morgan fingerprint density at radius 3 is 2.67 bits per heavy atom. The Kier molecular flexibility index (Phi) is 6.47. The van der Waals surface area contributed by atoms with Gasteiger partial charge in [0.1, 0.15) is 17.1 Å². The zero-order valence-corrected chi connectivity index (χ0v) is 17.2. The van der Waals surface area contributed by atoms with Crippen LogP contribution in [0.4, 0.5) is 9.18 Å². The number of carbonyl (C=O) groups excluding carboxylic acids is 1. The van der Waals surface area contributed by atoms with Gasteiger partial charge in [0.05, 0.1) is 5.69 Å². The van der Waals surface area contributed by atoms with Gasteiger partial charge >= 0.3 is 6.09 Å². The number of nitrogens with one attached hydrogen (secondary N) is 1. The van der Waals surface area contributed by atoms with E-state index in [1.165, 1.54) is 6.07 Å². The number of aliphatic hydroxyl groups is 1. The van der Waals surface area contributed by atoms with Crippen LogP contribution in [-0.2, 0) is 11.3 Å². The maximum absolute atomic E-state index is 14.2. The lowest BCUT2D eigenvalue weighted by molar-refractivity contribution is -0.0219. The molecule has 2 N–H and O–H groups in total. The van der Waals surface area contributed by atoms with E-state index in [1.54, 1.807) is 17.9 Å². The summed E-state index contributed by atoms with van der Waals surface area (Å²) in [5, 5.41) is 13.2. The molecule has 6 nitrogen and oxygen atoms in total. The molecule has 0 aromatic carbocycles. The summed E-state index contributed by atoms with van der Waals surface area (Å²) in [5.41, 5.74) is -0.617. The number of rotatable bonds is 5. The Morgan fingerprint density at radius 1 is 1.41 bits per heavy atom. The second-order valence-electron chi connectivity index (χ2n) is 8.73. The van der Waals surface area contributed by atoms with Crippen LogP contribution in [0.15, 0.2) is 12.1 Å². The summed E-state index contributed by atoms with van der Waals surface area (Å²) in [5.74, 6) is -0.392. The Bertz CT molecular complexity index is 671. The number of pyridine rings is 1. The van der Waals surface area contributed by atoms with E-state index in [-0.39, 0.29) is 30.2 Å². The molecule has 2 rings (SSSR count). The molecule has 0 spiro atoms. The fraction of sp³-hybridized carbons (Fsp3) is 0.700. The minimum Gasteiger partial charge on any atom is -0.444 e. The Morgan fingerprint density at radius 2 is 2.07 bits per heavy atom. The van der Waals surface area contributed by atoms with Crippen molar-refractivity contribution in [1.82, 2.24) is 15.2 Å². The van der Waals surface area contributed by atoms with E-state index in [4.69, 9.17) is 4.74 Å². The predicted octanol–water partition coefficient (Wildman–Crippen LogP) is 3.40. The first-order valence-electron chi connectivity index (χ1n) is 9.49. The van der Waals surface area contributed by atoms with Crippen LogP contribution >= 0.6 is 0 Å². The lowest BCUT2D eigenvalue weighted by Gasteiger charge is -2.29.